The molecule has 19 heavy (non-hydrogen) atoms. The van der Waals surface area contributed by atoms with Gasteiger partial charge in [-0.2, -0.15) is 0 Å². The molecule has 0 spiro atoms. The highest BCUT2D eigenvalue weighted by atomic mass is 16.5. The molecule has 1 aliphatic rings. The van der Waals surface area contributed by atoms with Crippen molar-refractivity contribution in [1.29, 1.82) is 0 Å². The standard InChI is InChI=1S/C18H20O/c1-3-8-13(2)19-18-16-11-6-4-9-14(16)15-10-5-7-12-17(15)18/h4-7,9-13,18H,3,8H2,1-2H3. The number of hydrogen-bond donors (Lipinski definition) is 0. The lowest BCUT2D eigenvalue weighted by Gasteiger charge is -2.20. The molecule has 1 heteroatoms. The molecule has 1 atom stereocenters. The molecule has 0 N–H and O–H groups in total. The topological polar surface area (TPSA) is 9.23 Å². The molecule has 2 aromatic rings. The highest BCUT2D eigenvalue weighted by Crippen LogP contribution is 2.45. The Labute approximate surface area is 115 Å². The van der Waals surface area contributed by atoms with Crippen LogP contribution >= 0.6 is 0 Å². The van der Waals surface area contributed by atoms with Crippen LogP contribution in [0.25, 0.3) is 11.1 Å². The van der Waals surface area contributed by atoms with Crippen LogP contribution < -0.4 is 0 Å². The predicted octanol–water partition coefficient (Wildman–Crippen LogP) is 4.96. The summed E-state index contributed by atoms with van der Waals surface area (Å²) < 4.78 is 6.30. The van der Waals surface area contributed by atoms with Gasteiger partial charge in [-0.05, 0) is 35.6 Å². The molecule has 0 saturated carbocycles. The number of fused-ring (bicyclic) bond motifs is 3. The zero-order valence-electron chi connectivity index (χ0n) is 11.6. The molecule has 1 nitrogen and oxygen atoms in total. The average molecular weight is 252 g/mol. The molecule has 98 valence electrons. The van der Waals surface area contributed by atoms with Crippen molar-refractivity contribution >= 4 is 0 Å². The Morgan fingerprint density at radius 1 is 0.947 bits per heavy atom. The van der Waals surface area contributed by atoms with Crippen LogP contribution in [0.4, 0.5) is 0 Å². The van der Waals surface area contributed by atoms with Crippen LogP contribution in [0, 0.1) is 0 Å². The van der Waals surface area contributed by atoms with Gasteiger partial charge in [0.05, 0.1) is 6.10 Å². The molecule has 0 saturated heterocycles. The van der Waals surface area contributed by atoms with E-state index in [1.165, 1.54) is 22.3 Å². The summed E-state index contributed by atoms with van der Waals surface area (Å²) >= 11 is 0. The van der Waals surface area contributed by atoms with Gasteiger partial charge in [0.15, 0.2) is 0 Å². The lowest BCUT2D eigenvalue weighted by atomic mass is 10.1. The maximum absolute atomic E-state index is 6.30. The molecule has 2 aromatic carbocycles. The van der Waals surface area contributed by atoms with Crippen molar-refractivity contribution in [2.24, 2.45) is 0 Å². The predicted molar refractivity (Wildman–Crippen MR) is 79.2 cm³/mol. The van der Waals surface area contributed by atoms with Crippen molar-refractivity contribution in [3.05, 3.63) is 59.7 Å². The maximum Gasteiger partial charge on any atom is 0.109 e. The first-order chi connectivity index (χ1) is 9.31. The maximum atomic E-state index is 6.30. The molecule has 0 heterocycles. The third kappa shape index (κ3) is 2.19. The van der Waals surface area contributed by atoms with E-state index in [2.05, 4.69) is 62.4 Å². The lowest BCUT2D eigenvalue weighted by Crippen LogP contribution is -2.12. The van der Waals surface area contributed by atoms with Gasteiger partial charge in [0.1, 0.15) is 6.10 Å². The van der Waals surface area contributed by atoms with Gasteiger partial charge in [0.2, 0.25) is 0 Å². The fraction of sp³-hybridized carbons (Fsp3) is 0.333. The Hall–Kier alpha value is -1.60. The van der Waals surface area contributed by atoms with E-state index in [1.807, 2.05) is 0 Å². The highest BCUT2D eigenvalue weighted by molar-refractivity contribution is 5.78. The quantitative estimate of drug-likeness (QED) is 0.747. The van der Waals surface area contributed by atoms with Crippen molar-refractivity contribution < 1.29 is 4.74 Å². The molecule has 0 fully saturated rings. The third-order valence-electron chi connectivity index (χ3n) is 3.84. The smallest absolute Gasteiger partial charge is 0.109 e. The van der Waals surface area contributed by atoms with E-state index >= 15 is 0 Å². The van der Waals surface area contributed by atoms with Crippen LogP contribution in [-0.2, 0) is 4.74 Å². The second-order valence-corrected chi connectivity index (χ2v) is 5.29. The van der Waals surface area contributed by atoms with Crippen LogP contribution in [-0.4, -0.2) is 6.10 Å². The molecule has 0 bridgehead atoms. The van der Waals surface area contributed by atoms with Gasteiger partial charge in [-0.3, -0.25) is 0 Å². The summed E-state index contributed by atoms with van der Waals surface area (Å²) in [5, 5.41) is 0. The first-order valence-corrected chi connectivity index (χ1v) is 7.15. The van der Waals surface area contributed by atoms with Crippen LogP contribution in [0.2, 0.25) is 0 Å². The summed E-state index contributed by atoms with van der Waals surface area (Å²) in [5.74, 6) is 0. The highest BCUT2D eigenvalue weighted by Gasteiger charge is 2.29. The monoisotopic (exact) mass is 252 g/mol. The van der Waals surface area contributed by atoms with Crippen LogP contribution in [0.3, 0.4) is 0 Å². The summed E-state index contributed by atoms with van der Waals surface area (Å²) in [5.41, 5.74) is 5.27. The van der Waals surface area contributed by atoms with Gasteiger partial charge in [-0.1, -0.05) is 61.9 Å². The molecule has 0 aliphatic heterocycles. The SMILES string of the molecule is CCCC(C)OC1c2ccccc2-c2ccccc21. The zero-order valence-corrected chi connectivity index (χ0v) is 11.6. The van der Waals surface area contributed by atoms with Crippen molar-refractivity contribution in [2.45, 2.75) is 38.9 Å². The summed E-state index contributed by atoms with van der Waals surface area (Å²) in [6.45, 7) is 4.38. The molecule has 0 radical (unpaired) electrons. The third-order valence-corrected chi connectivity index (χ3v) is 3.84. The van der Waals surface area contributed by atoms with Gasteiger partial charge in [-0.15, -0.1) is 0 Å². The Bertz CT molecular complexity index is 528. The zero-order chi connectivity index (χ0) is 13.2. The molecule has 1 aliphatic carbocycles. The summed E-state index contributed by atoms with van der Waals surface area (Å²) in [6.07, 6.45) is 2.68. The van der Waals surface area contributed by atoms with E-state index in [1.54, 1.807) is 0 Å². The van der Waals surface area contributed by atoms with Crippen molar-refractivity contribution in [3.63, 3.8) is 0 Å². The lowest BCUT2D eigenvalue weighted by molar-refractivity contribution is 0.0166. The van der Waals surface area contributed by atoms with E-state index in [4.69, 9.17) is 4.74 Å². The Morgan fingerprint density at radius 2 is 1.47 bits per heavy atom. The Balaban J connectivity index is 2.00. The Morgan fingerprint density at radius 3 is 2.00 bits per heavy atom. The van der Waals surface area contributed by atoms with E-state index in [0.717, 1.165) is 12.8 Å². The summed E-state index contributed by atoms with van der Waals surface area (Å²) in [6, 6.07) is 17.2. The fourth-order valence-electron chi connectivity index (χ4n) is 2.96. The second kappa shape index (κ2) is 5.18. The minimum Gasteiger partial charge on any atom is -0.366 e. The van der Waals surface area contributed by atoms with Crippen molar-refractivity contribution in [3.8, 4) is 11.1 Å². The number of benzene rings is 2. The second-order valence-electron chi connectivity index (χ2n) is 5.29. The van der Waals surface area contributed by atoms with Crippen LogP contribution in [0.15, 0.2) is 48.5 Å². The number of hydrogen-bond acceptors (Lipinski definition) is 1. The number of rotatable bonds is 4. The van der Waals surface area contributed by atoms with E-state index < -0.39 is 0 Å². The minimum absolute atomic E-state index is 0.106. The van der Waals surface area contributed by atoms with E-state index in [9.17, 15) is 0 Å². The summed E-state index contributed by atoms with van der Waals surface area (Å²) in [7, 11) is 0. The fourth-order valence-corrected chi connectivity index (χ4v) is 2.96. The molecule has 3 rings (SSSR count). The Kier molecular flexibility index (Phi) is 3.39. The molecular weight excluding hydrogens is 232 g/mol. The minimum atomic E-state index is 0.106. The first-order valence-electron chi connectivity index (χ1n) is 7.15. The van der Waals surface area contributed by atoms with Gasteiger partial charge >= 0.3 is 0 Å². The van der Waals surface area contributed by atoms with E-state index in [0.29, 0.717) is 6.10 Å². The average Bonchev–Trinajstić information content (AvgIpc) is 2.75. The van der Waals surface area contributed by atoms with Crippen LogP contribution in [0.5, 0.6) is 0 Å². The normalized spacial score (nSPS) is 15.1. The largest absolute Gasteiger partial charge is 0.366 e. The first kappa shape index (κ1) is 12.4. The van der Waals surface area contributed by atoms with Crippen molar-refractivity contribution in [1.82, 2.24) is 0 Å². The summed E-state index contributed by atoms with van der Waals surface area (Å²) in [4.78, 5) is 0. The molecule has 0 amide bonds. The van der Waals surface area contributed by atoms with Crippen LogP contribution in [0.1, 0.15) is 43.9 Å². The molecular formula is C18H20O. The molecule has 1 unspecified atom stereocenters. The molecule has 0 aromatic heterocycles. The van der Waals surface area contributed by atoms with Gasteiger partial charge < -0.3 is 4.74 Å². The van der Waals surface area contributed by atoms with Crippen molar-refractivity contribution in [2.75, 3.05) is 0 Å². The number of ether oxygens (including phenoxy) is 1. The van der Waals surface area contributed by atoms with Gasteiger partial charge in [0, 0.05) is 0 Å². The van der Waals surface area contributed by atoms with E-state index in [-0.39, 0.29) is 6.10 Å². The van der Waals surface area contributed by atoms with Gasteiger partial charge in [-0.25, -0.2) is 0 Å². The van der Waals surface area contributed by atoms with Gasteiger partial charge in [0.25, 0.3) is 0 Å².